The molecule has 2 aromatic rings. The van der Waals surface area contributed by atoms with Crippen LogP contribution in [0.4, 0.5) is 5.13 Å². The van der Waals surface area contributed by atoms with Gasteiger partial charge < -0.3 is 4.74 Å². The van der Waals surface area contributed by atoms with Gasteiger partial charge in [0.25, 0.3) is 5.91 Å². The highest BCUT2D eigenvalue weighted by atomic mass is 79.9. The SMILES string of the molecule is O=C(Nc1ncc(Br)s1)c1ccc2c(c1)CCO2. The highest BCUT2D eigenvalue weighted by Crippen LogP contribution is 2.27. The number of anilines is 1. The first kappa shape index (κ1) is 11.7. The van der Waals surface area contributed by atoms with Crippen molar-refractivity contribution in [2.75, 3.05) is 11.9 Å². The number of hydrogen-bond acceptors (Lipinski definition) is 4. The second-order valence-electron chi connectivity index (χ2n) is 3.84. The average Bonchev–Trinajstić information content (AvgIpc) is 2.96. The lowest BCUT2D eigenvalue weighted by Crippen LogP contribution is -2.11. The second kappa shape index (κ2) is 4.70. The molecule has 1 N–H and O–H groups in total. The normalized spacial score (nSPS) is 12.9. The lowest BCUT2D eigenvalue weighted by Gasteiger charge is -2.03. The molecule has 6 heteroatoms. The van der Waals surface area contributed by atoms with E-state index in [0.29, 0.717) is 17.3 Å². The average molecular weight is 325 g/mol. The molecule has 18 heavy (non-hydrogen) atoms. The van der Waals surface area contributed by atoms with E-state index in [1.807, 2.05) is 12.1 Å². The van der Waals surface area contributed by atoms with Crippen molar-refractivity contribution in [2.24, 2.45) is 0 Å². The van der Waals surface area contributed by atoms with Gasteiger partial charge in [0.15, 0.2) is 5.13 Å². The Morgan fingerprint density at radius 3 is 3.17 bits per heavy atom. The number of halogens is 1. The maximum absolute atomic E-state index is 12.0. The molecule has 0 aliphatic carbocycles. The van der Waals surface area contributed by atoms with Crippen molar-refractivity contribution >= 4 is 38.3 Å². The molecular formula is C12H9BrN2O2S. The number of carbonyl (C=O) groups is 1. The summed E-state index contributed by atoms with van der Waals surface area (Å²) >= 11 is 4.69. The minimum absolute atomic E-state index is 0.147. The van der Waals surface area contributed by atoms with Crippen molar-refractivity contribution in [3.63, 3.8) is 0 Å². The molecule has 4 nitrogen and oxygen atoms in total. The molecule has 0 spiro atoms. The zero-order valence-electron chi connectivity index (χ0n) is 9.27. The van der Waals surface area contributed by atoms with Gasteiger partial charge in [0.1, 0.15) is 5.75 Å². The molecule has 0 saturated heterocycles. The van der Waals surface area contributed by atoms with E-state index in [-0.39, 0.29) is 5.91 Å². The van der Waals surface area contributed by atoms with E-state index in [1.54, 1.807) is 12.3 Å². The summed E-state index contributed by atoms with van der Waals surface area (Å²) in [4.78, 5) is 16.1. The first-order valence-electron chi connectivity index (χ1n) is 5.41. The first-order valence-corrected chi connectivity index (χ1v) is 7.02. The van der Waals surface area contributed by atoms with Crippen LogP contribution in [0.5, 0.6) is 5.75 Å². The largest absolute Gasteiger partial charge is 0.493 e. The molecule has 1 aromatic carbocycles. The van der Waals surface area contributed by atoms with Crippen LogP contribution in [0, 0.1) is 0 Å². The predicted octanol–water partition coefficient (Wildman–Crippen LogP) is 3.09. The Kier molecular flexibility index (Phi) is 3.05. The number of aromatic nitrogens is 1. The topological polar surface area (TPSA) is 51.2 Å². The van der Waals surface area contributed by atoms with Crippen LogP contribution in [0.1, 0.15) is 15.9 Å². The fourth-order valence-corrected chi connectivity index (χ4v) is 2.91. The molecule has 1 aliphatic heterocycles. The van der Waals surface area contributed by atoms with E-state index < -0.39 is 0 Å². The maximum atomic E-state index is 12.0. The molecule has 0 saturated carbocycles. The molecule has 92 valence electrons. The Morgan fingerprint density at radius 1 is 1.50 bits per heavy atom. The third kappa shape index (κ3) is 2.26. The van der Waals surface area contributed by atoms with Crippen LogP contribution in [0.15, 0.2) is 28.2 Å². The Bertz CT molecular complexity index is 612. The van der Waals surface area contributed by atoms with Gasteiger partial charge in [-0.1, -0.05) is 11.3 Å². The summed E-state index contributed by atoms with van der Waals surface area (Å²) in [6, 6.07) is 5.48. The number of hydrogen-bond donors (Lipinski definition) is 1. The van der Waals surface area contributed by atoms with Crippen LogP contribution in [0.3, 0.4) is 0 Å². The smallest absolute Gasteiger partial charge is 0.257 e. The molecule has 0 fully saturated rings. The van der Waals surface area contributed by atoms with Gasteiger partial charge >= 0.3 is 0 Å². The number of amides is 1. The Hall–Kier alpha value is -1.40. The van der Waals surface area contributed by atoms with E-state index in [0.717, 1.165) is 21.5 Å². The van der Waals surface area contributed by atoms with Crippen LogP contribution in [0.2, 0.25) is 0 Å². The van der Waals surface area contributed by atoms with Crippen LogP contribution in [-0.4, -0.2) is 17.5 Å². The number of thiazole rings is 1. The fraction of sp³-hybridized carbons (Fsp3) is 0.167. The number of carbonyl (C=O) groups excluding carboxylic acids is 1. The van der Waals surface area contributed by atoms with Crippen molar-refractivity contribution in [1.82, 2.24) is 4.98 Å². The maximum Gasteiger partial charge on any atom is 0.257 e. The van der Waals surface area contributed by atoms with Crippen molar-refractivity contribution < 1.29 is 9.53 Å². The summed E-state index contributed by atoms with van der Waals surface area (Å²) in [6.07, 6.45) is 2.52. The number of nitrogens with zero attached hydrogens (tertiary/aromatic N) is 1. The molecule has 2 heterocycles. The zero-order valence-corrected chi connectivity index (χ0v) is 11.7. The standard InChI is InChI=1S/C12H9BrN2O2S/c13-10-6-14-12(18-10)15-11(16)8-1-2-9-7(5-8)3-4-17-9/h1-2,5-6H,3-4H2,(H,14,15,16). The minimum atomic E-state index is -0.147. The molecule has 0 unspecified atom stereocenters. The van der Waals surface area contributed by atoms with E-state index in [9.17, 15) is 4.79 Å². The fourth-order valence-electron chi connectivity index (χ4n) is 1.81. The highest BCUT2D eigenvalue weighted by molar-refractivity contribution is 9.11. The molecule has 1 aliphatic rings. The number of fused-ring (bicyclic) bond motifs is 1. The molecular weight excluding hydrogens is 316 g/mol. The van der Waals surface area contributed by atoms with Gasteiger partial charge in [-0.2, -0.15) is 0 Å². The zero-order chi connectivity index (χ0) is 12.5. The van der Waals surface area contributed by atoms with Crippen molar-refractivity contribution in [2.45, 2.75) is 6.42 Å². The number of benzene rings is 1. The molecule has 3 rings (SSSR count). The highest BCUT2D eigenvalue weighted by Gasteiger charge is 2.15. The van der Waals surface area contributed by atoms with Crippen LogP contribution in [0.25, 0.3) is 0 Å². The number of ether oxygens (including phenoxy) is 1. The lowest BCUT2D eigenvalue weighted by atomic mass is 10.1. The van der Waals surface area contributed by atoms with Gasteiger partial charge in [-0.25, -0.2) is 4.98 Å². The van der Waals surface area contributed by atoms with Crippen molar-refractivity contribution in [3.05, 3.63) is 39.3 Å². The third-order valence-corrected chi connectivity index (χ3v) is 4.04. The van der Waals surface area contributed by atoms with Gasteiger partial charge in [0, 0.05) is 12.0 Å². The minimum Gasteiger partial charge on any atom is -0.493 e. The summed E-state index contributed by atoms with van der Waals surface area (Å²) < 4.78 is 6.30. The molecule has 1 aromatic heterocycles. The van der Waals surface area contributed by atoms with Gasteiger partial charge in [-0.3, -0.25) is 10.1 Å². The molecule has 0 radical (unpaired) electrons. The quantitative estimate of drug-likeness (QED) is 0.923. The van der Waals surface area contributed by atoms with E-state index in [2.05, 4.69) is 26.2 Å². The van der Waals surface area contributed by atoms with Crippen molar-refractivity contribution in [1.29, 1.82) is 0 Å². The van der Waals surface area contributed by atoms with Gasteiger partial charge in [-0.15, -0.1) is 0 Å². The Labute approximate surface area is 116 Å². The summed E-state index contributed by atoms with van der Waals surface area (Å²) in [5.41, 5.74) is 1.72. The number of rotatable bonds is 2. The third-order valence-electron chi connectivity index (χ3n) is 2.65. The van der Waals surface area contributed by atoms with Gasteiger partial charge in [-0.05, 0) is 39.7 Å². The lowest BCUT2D eigenvalue weighted by molar-refractivity contribution is 0.102. The van der Waals surface area contributed by atoms with E-state index in [1.165, 1.54) is 11.3 Å². The summed E-state index contributed by atoms with van der Waals surface area (Å²) in [7, 11) is 0. The first-order chi connectivity index (χ1) is 8.72. The molecule has 0 atom stereocenters. The van der Waals surface area contributed by atoms with E-state index >= 15 is 0 Å². The summed E-state index contributed by atoms with van der Waals surface area (Å²) in [5.74, 6) is 0.732. The Balaban J connectivity index is 1.80. The van der Waals surface area contributed by atoms with Crippen LogP contribution in [-0.2, 0) is 6.42 Å². The number of nitrogens with one attached hydrogen (secondary N) is 1. The predicted molar refractivity (Wildman–Crippen MR) is 73.4 cm³/mol. The van der Waals surface area contributed by atoms with Gasteiger partial charge in [0.2, 0.25) is 0 Å². The van der Waals surface area contributed by atoms with Crippen molar-refractivity contribution in [3.8, 4) is 5.75 Å². The summed E-state index contributed by atoms with van der Waals surface area (Å²) in [5, 5.41) is 3.35. The van der Waals surface area contributed by atoms with Gasteiger partial charge in [0.05, 0.1) is 16.6 Å². The van der Waals surface area contributed by atoms with E-state index in [4.69, 9.17) is 4.74 Å². The van der Waals surface area contributed by atoms with Crippen LogP contribution < -0.4 is 10.1 Å². The molecule has 1 amide bonds. The second-order valence-corrected chi connectivity index (χ2v) is 6.25. The van der Waals surface area contributed by atoms with Crippen LogP contribution >= 0.6 is 27.3 Å². The summed E-state index contributed by atoms with van der Waals surface area (Å²) in [6.45, 7) is 0.694. The molecule has 0 bridgehead atoms. The Morgan fingerprint density at radius 2 is 2.39 bits per heavy atom. The monoisotopic (exact) mass is 324 g/mol.